The summed E-state index contributed by atoms with van der Waals surface area (Å²) in [6, 6.07) is 0. The van der Waals surface area contributed by atoms with Crippen LogP contribution in [0.4, 0.5) is 0 Å². The van der Waals surface area contributed by atoms with Crippen LogP contribution in [0.5, 0.6) is 0 Å². The second kappa shape index (κ2) is 14.8. The van der Waals surface area contributed by atoms with E-state index in [9.17, 15) is 4.79 Å². The number of amides is 1. The minimum atomic E-state index is 0.0324. The Morgan fingerprint density at radius 1 is 1.14 bits per heavy atom. The van der Waals surface area contributed by atoms with E-state index < -0.39 is 0 Å². The molecule has 0 atom stereocenters. The largest absolute Gasteiger partial charge is 0.400 e. The topological polar surface area (TPSA) is 113 Å². The molecular weight excluding hydrogens is 184 g/mol. The van der Waals surface area contributed by atoms with E-state index >= 15 is 0 Å². The molecule has 0 aromatic carbocycles. The van der Waals surface area contributed by atoms with Crippen LogP contribution in [0.25, 0.3) is 0 Å². The van der Waals surface area contributed by atoms with Crippen LogP contribution in [0.3, 0.4) is 0 Å². The van der Waals surface area contributed by atoms with Gasteiger partial charge in [-0.05, 0) is 0 Å². The maximum Gasteiger partial charge on any atom is 0.221 e. The van der Waals surface area contributed by atoms with Gasteiger partial charge in [0.2, 0.25) is 5.91 Å². The van der Waals surface area contributed by atoms with Gasteiger partial charge in [-0.15, -0.1) is 0 Å². The molecule has 0 radical (unpaired) electrons. The van der Waals surface area contributed by atoms with Crippen molar-refractivity contribution in [3.8, 4) is 0 Å². The number of hydrogen-bond donors (Lipinski definition) is 5. The molecule has 0 aromatic rings. The lowest BCUT2D eigenvalue weighted by molar-refractivity contribution is -0.120. The summed E-state index contributed by atoms with van der Waals surface area (Å²) in [5.41, 5.74) is 10.5. The van der Waals surface area contributed by atoms with Crippen molar-refractivity contribution in [2.24, 2.45) is 11.5 Å². The minimum Gasteiger partial charge on any atom is -0.400 e. The van der Waals surface area contributed by atoms with Gasteiger partial charge >= 0.3 is 0 Å². The molecule has 86 valence electrons. The summed E-state index contributed by atoms with van der Waals surface area (Å²) >= 11 is 0. The van der Waals surface area contributed by atoms with Crippen molar-refractivity contribution in [2.75, 3.05) is 39.8 Å². The monoisotopic (exact) mass is 206 g/mol. The van der Waals surface area contributed by atoms with Crippen molar-refractivity contribution in [3.63, 3.8) is 0 Å². The lowest BCUT2D eigenvalue weighted by Crippen LogP contribution is -2.32. The number of hydrogen-bond acceptors (Lipinski definition) is 5. The first-order valence-corrected chi connectivity index (χ1v) is 4.63. The highest BCUT2D eigenvalue weighted by Crippen LogP contribution is 1.75. The predicted molar refractivity (Wildman–Crippen MR) is 56.7 cm³/mol. The number of rotatable bonds is 7. The highest BCUT2D eigenvalue weighted by Gasteiger charge is 1.97. The van der Waals surface area contributed by atoms with Crippen molar-refractivity contribution in [2.45, 2.75) is 6.42 Å². The zero-order valence-corrected chi connectivity index (χ0v) is 8.75. The fraction of sp³-hybridized carbons (Fsp3) is 0.875. The molecule has 0 aliphatic rings. The summed E-state index contributed by atoms with van der Waals surface area (Å²) in [5, 5.41) is 12.7. The first-order valence-electron chi connectivity index (χ1n) is 4.63. The second-order valence-corrected chi connectivity index (χ2v) is 2.43. The Balaban J connectivity index is 0. The highest BCUT2D eigenvalue weighted by molar-refractivity contribution is 5.75. The Bertz CT molecular complexity index is 122. The smallest absolute Gasteiger partial charge is 0.221 e. The van der Waals surface area contributed by atoms with Gasteiger partial charge in [-0.3, -0.25) is 4.79 Å². The molecule has 0 aromatic heterocycles. The van der Waals surface area contributed by atoms with Crippen molar-refractivity contribution in [1.29, 1.82) is 0 Å². The van der Waals surface area contributed by atoms with Gasteiger partial charge in [-0.25, -0.2) is 0 Å². The molecule has 0 spiro atoms. The van der Waals surface area contributed by atoms with Crippen LogP contribution in [0, 0.1) is 0 Å². The molecule has 1 amide bonds. The van der Waals surface area contributed by atoms with Gasteiger partial charge in [0.1, 0.15) is 0 Å². The van der Waals surface area contributed by atoms with E-state index in [1.807, 2.05) is 0 Å². The van der Waals surface area contributed by atoms with Crippen molar-refractivity contribution >= 4 is 5.91 Å². The Labute approximate surface area is 85.0 Å². The van der Waals surface area contributed by atoms with E-state index in [-0.39, 0.29) is 5.91 Å². The molecule has 7 N–H and O–H groups in total. The Kier molecular flexibility index (Phi) is 16.7. The van der Waals surface area contributed by atoms with Crippen molar-refractivity contribution < 1.29 is 9.90 Å². The number of nitrogens with two attached hydrogens (primary N) is 2. The van der Waals surface area contributed by atoms with Gasteiger partial charge in [-0.1, -0.05) is 0 Å². The SMILES string of the molecule is CO.NCCNCCC(=O)NCCN. The summed E-state index contributed by atoms with van der Waals surface area (Å²) in [6.45, 7) is 3.07. The average Bonchev–Trinajstić information content (AvgIpc) is 2.24. The molecule has 0 fully saturated rings. The fourth-order valence-corrected chi connectivity index (χ4v) is 0.729. The third-order valence-corrected chi connectivity index (χ3v) is 1.32. The summed E-state index contributed by atoms with van der Waals surface area (Å²) in [6.07, 6.45) is 0.486. The van der Waals surface area contributed by atoms with E-state index in [0.717, 1.165) is 13.7 Å². The van der Waals surface area contributed by atoms with Gasteiger partial charge in [0.05, 0.1) is 0 Å². The second-order valence-electron chi connectivity index (χ2n) is 2.43. The maximum atomic E-state index is 10.9. The van der Waals surface area contributed by atoms with Gasteiger partial charge in [0, 0.05) is 46.3 Å². The summed E-state index contributed by atoms with van der Waals surface area (Å²) in [4.78, 5) is 10.9. The van der Waals surface area contributed by atoms with Crippen LogP contribution < -0.4 is 22.1 Å². The van der Waals surface area contributed by atoms with Crippen LogP contribution >= 0.6 is 0 Å². The number of carbonyl (C=O) groups excluding carboxylic acids is 1. The van der Waals surface area contributed by atoms with Crippen molar-refractivity contribution in [1.82, 2.24) is 10.6 Å². The molecular formula is C8H22N4O2. The normalized spacial score (nSPS) is 8.86. The molecule has 6 nitrogen and oxygen atoms in total. The molecule has 0 heterocycles. The molecule has 0 saturated carbocycles. The van der Waals surface area contributed by atoms with E-state index in [4.69, 9.17) is 16.6 Å². The molecule has 0 rings (SSSR count). The number of carbonyl (C=O) groups is 1. The van der Waals surface area contributed by atoms with Crippen LogP contribution in [0.2, 0.25) is 0 Å². The Hall–Kier alpha value is -0.690. The van der Waals surface area contributed by atoms with Crippen molar-refractivity contribution in [3.05, 3.63) is 0 Å². The lowest BCUT2D eigenvalue weighted by atomic mass is 10.4. The van der Waals surface area contributed by atoms with E-state index in [0.29, 0.717) is 32.6 Å². The molecule has 0 unspecified atom stereocenters. The molecule has 0 aliphatic heterocycles. The molecule has 0 bridgehead atoms. The number of aliphatic hydroxyl groups is 1. The molecule has 6 heteroatoms. The minimum absolute atomic E-state index is 0.0324. The summed E-state index contributed by atoms with van der Waals surface area (Å²) < 4.78 is 0. The van der Waals surface area contributed by atoms with E-state index in [1.165, 1.54) is 0 Å². The predicted octanol–water partition coefficient (Wildman–Crippen LogP) is -2.39. The lowest BCUT2D eigenvalue weighted by Gasteiger charge is -2.03. The zero-order valence-electron chi connectivity index (χ0n) is 8.75. The van der Waals surface area contributed by atoms with Crippen LogP contribution in [0.1, 0.15) is 6.42 Å². The standard InChI is InChI=1S/C7H18N4O.CH4O/c8-2-5-10-4-1-7(12)11-6-3-9;1-2/h10H,1-6,8-9H2,(H,11,12);2H,1H3. The average molecular weight is 206 g/mol. The van der Waals surface area contributed by atoms with Gasteiger partial charge in [0.25, 0.3) is 0 Å². The highest BCUT2D eigenvalue weighted by atomic mass is 16.2. The van der Waals surface area contributed by atoms with E-state index in [2.05, 4.69) is 10.6 Å². The molecule has 0 aliphatic carbocycles. The third-order valence-electron chi connectivity index (χ3n) is 1.32. The molecule has 0 saturated heterocycles. The fourth-order valence-electron chi connectivity index (χ4n) is 0.729. The first kappa shape index (κ1) is 15.8. The summed E-state index contributed by atoms with van der Waals surface area (Å²) in [7, 11) is 1.00. The van der Waals surface area contributed by atoms with Crippen LogP contribution in [-0.2, 0) is 4.79 Å². The van der Waals surface area contributed by atoms with Crippen LogP contribution in [0.15, 0.2) is 0 Å². The van der Waals surface area contributed by atoms with Gasteiger partial charge in [-0.2, -0.15) is 0 Å². The Morgan fingerprint density at radius 3 is 2.21 bits per heavy atom. The third kappa shape index (κ3) is 13.9. The van der Waals surface area contributed by atoms with Gasteiger partial charge < -0.3 is 27.2 Å². The van der Waals surface area contributed by atoms with E-state index in [1.54, 1.807) is 0 Å². The maximum absolute atomic E-state index is 10.9. The number of nitrogens with one attached hydrogen (secondary N) is 2. The zero-order chi connectivity index (χ0) is 11.2. The quantitative estimate of drug-likeness (QED) is 0.298. The van der Waals surface area contributed by atoms with Crippen LogP contribution in [-0.4, -0.2) is 50.8 Å². The Morgan fingerprint density at radius 2 is 1.71 bits per heavy atom. The number of aliphatic hydroxyl groups excluding tert-OH is 1. The first-order chi connectivity index (χ1) is 6.81. The van der Waals surface area contributed by atoms with Gasteiger partial charge in [0.15, 0.2) is 0 Å². The molecule has 14 heavy (non-hydrogen) atoms. The summed E-state index contributed by atoms with van der Waals surface area (Å²) in [5.74, 6) is 0.0324.